The van der Waals surface area contributed by atoms with Crippen molar-refractivity contribution in [2.24, 2.45) is 12.0 Å². The van der Waals surface area contributed by atoms with E-state index in [1.807, 2.05) is 25.6 Å². The van der Waals surface area contributed by atoms with E-state index in [1.165, 1.54) is 15.6 Å². The van der Waals surface area contributed by atoms with E-state index in [-0.39, 0.29) is 35.8 Å². The Hall–Kier alpha value is -0.880. The number of guanidine groups is 1. The normalized spacial score (nSPS) is 18.2. The molecule has 1 aromatic heterocycles. The average Bonchev–Trinajstić information content (AvgIpc) is 3.01. The van der Waals surface area contributed by atoms with E-state index in [0.29, 0.717) is 26.1 Å². The number of hydrogen-bond acceptors (Lipinski definition) is 4. The van der Waals surface area contributed by atoms with Gasteiger partial charge in [0, 0.05) is 38.4 Å². The first-order valence-electron chi connectivity index (χ1n) is 9.26. The zero-order valence-electron chi connectivity index (χ0n) is 16.9. The van der Waals surface area contributed by atoms with Crippen molar-refractivity contribution in [3.8, 4) is 0 Å². The van der Waals surface area contributed by atoms with Gasteiger partial charge in [-0.1, -0.05) is 0 Å². The summed E-state index contributed by atoms with van der Waals surface area (Å²) in [6, 6.07) is 0.185. The summed E-state index contributed by atoms with van der Waals surface area (Å²) in [5, 5.41) is 11.1. The van der Waals surface area contributed by atoms with Gasteiger partial charge in [-0.2, -0.15) is 5.10 Å². The van der Waals surface area contributed by atoms with Crippen LogP contribution in [-0.4, -0.2) is 66.4 Å². The highest BCUT2D eigenvalue weighted by molar-refractivity contribution is 14.0. The lowest BCUT2D eigenvalue weighted by atomic mass is 10.1. The van der Waals surface area contributed by atoms with Crippen LogP contribution in [0.1, 0.15) is 37.2 Å². The summed E-state index contributed by atoms with van der Waals surface area (Å²) in [4.78, 5) is 4.54. The second kappa shape index (κ2) is 10.6. The van der Waals surface area contributed by atoms with E-state index in [0.717, 1.165) is 24.6 Å². The van der Waals surface area contributed by atoms with Gasteiger partial charge in [0.25, 0.3) is 0 Å². The molecule has 2 rings (SSSR count). The van der Waals surface area contributed by atoms with E-state index in [4.69, 9.17) is 0 Å². The summed E-state index contributed by atoms with van der Waals surface area (Å²) in [7, 11) is -1.09. The van der Waals surface area contributed by atoms with E-state index in [9.17, 15) is 8.42 Å². The van der Waals surface area contributed by atoms with Gasteiger partial charge in [-0.3, -0.25) is 9.67 Å². The Balaban J connectivity index is 0.00000364. The first-order valence-corrected chi connectivity index (χ1v) is 10.9. The maximum Gasteiger partial charge on any atom is 0.214 e. The van der Waals surface area contributed by atoms with Crippen LogP contribution in [0.2, 0.25) is 0 Å². The number of nitrogens with one attached hydrogen (secondary N) is 2. The highest BCUT2D eigenvalue weighted by Crippen LogP contribution is 2.14. The molecule has 0 amide bonds. The molecule has 0 saturated carbocycles. The molecule has 2 heterocycles. The van der Waals surface area contributed by atoms with Crippen LogP contribution in [0.15, 0.2) is 4.99 Å². The molecule has 2 N–H and O–H groups in total. The highest BCUT2D eigenvalue weighted by atomic mass is 127. The monoisotopic (exact) mass is 512 g/mol. The lowest BCUT2D eigenvalue weighted by Crippen LogP contribution is -2.43. The van der Waals surface area contributed by atoms with Gasteiger partial charge < -0.3 is 10.6 Å². The van der Waals surface area contributed by atoms with Crippen LogP contribution in [0.4, 0.5) is 0 Å². The Bertz CT molecular complexity index is 747. The second-order valence-corrected chi connectivity index (χ2v) is 8.94. The Labute approximate surface area is 180 Å². The van der Waals surface area contributed by atoms with E-state index >= 15 is 0 Å². The molecule has 156 valence electrons. The number of aromatic nitrogens is 2. The van der Waals surface area contributed by atoms with Crippen molar-refractivity contribution in [1.82, 2.24) is 24.7 Å². The second-order valence-electron chi connectivity index (χ2n) is 6.85. The molecule has 1 unspecified atom stereocenters. The lowest BCUT2D eigenvalue weighted by Gasteiger charge is -2.19. The van der Waals surface area contributed by atoms with Crippen molar-refractivity contribution in [3.05, 3.63) is 17.0 Å². The summed E-state index contributed by atoms with van der Waals surface area (Å²) in [5.41, 5.74) is 3.49. The molecule has 1 fully saturated rings. The maximum atomic E-state index is 11.8. The third kappa shape index (κ3) is 6.60. The van der Waals surface area contributed by atoms with Crippen molar-refractivity contribution in [2.45, 2.75) is 46.6 Å². The van der Waals surface area contributed by atoms with Crippen LogP contribution in [-0.2, 0) is 23.5 Å². The van der Waals surface area contributed by atoms with E-state index in [1.54, 1.807) is 0 Å². The van der Waals surface area contributed by atoms with Crippen LogP contribution >= 0.6 is 24.0 Å². The highest BCUT2D eigenvalue weighted by Gasteiger charge is 2.27. The Morgan fingerprint density at radius 3 is 2.59 bits per heavy atom. The van der Waals surface area contributed by atoms with Gasteiger partial charge in [0.2, 0.25) is 10.0 Å². The van der Waals surface area contributed by atoms with Crippen molar-refractivity contribution in [2.75, 3.05) is 31.9 Å². The lowest BCUT2D eigenvalue weighted by molar-refractivity contribution is 0.451. The van der Waals surface area contributed by atoms with Crippen molar-refractivity contribution in [3.63, 3.8) is 0 Å². The zero-order valence-corrected chi connectivity index (χ0v) is 20.1. The van der Waals surface area contributed by atoms with E-state index < -0.39 is 10.0 Å². The molecule has 1 aliphatic heterocycles. The molecule has 10 heteroatoms. The zero-order chi connectivity index (χ0) is 19.3. The molecule has 8 nitrogen and oxygen atoms in total. The summed E-state index contributed by atoms with van der Waals surface area (Å²) < 4.78 is 27.1. The average molecular weight is 512 g/mol. The number of sulfonamides is 1. The Morgan fingerprint density at radius 2 is 2.07 bits per heavy atom. The maximum absolute atomic E-state index is 11.8. The van der Waals surface area contributed by atoms with Crippen LogP contribution in [0.3, 0.4) is 0 Å². The fraction of sp³-hybridized carbons (Fsp3) is 0.765. The SMILES string of the molecule is CCNC(=NCCN1CCCS1(=O)=O)NC(C)Cc1c(C)nn(C)c1C.I. The van der Waals surface area contributed by atoms with Gasteiger partial charge in [0.15, 0.2) is 5.96 Å². The minimum absolute atomic E-state index is 0. The molecule has 0 aromatic carbocycles. The number of aryl methyl sites for hydroxylation is 2. The molecular formula is C17H33IN6O2S. The number of rotatable bonds is 7. The van der Waals surface area contributed by atoms with Crippen LogP contribution in [0.5, 0.6) is 0 Å². The van der Waals surface area contributed by atoms with Crippen molar-refractivity contribution < 1.29 is 8.42 Å². The molecule has 1 atom stereocenters. The van der Waals surface area contributed by atoms with Crippen molar-refractivity contribution in [1.29, 1.82) is 0 Å². The van der Waals surface area contributed by atoms with Gasteiger partial charge in [-0.25, -0.2) is 12.7 Å². The number of halogens is 1. The topological polar surface area (TPSA) is 91.6 Å². The molecule has 0 radical (unpaired) electrons. The van der Waals surface area contributed by atoms with Crippen LogP contribution < -0.4 is 10.6 Å². The third-order valence-electron chi connectivity index (χ3n) is 4.72. The largest absolute Gasteiger partial charge is 0.357 e. The first kappa shape index (κ1) is 24.2. The van der Waals surface area contributed by atoms with Gasteiger partial charge in [0.05, 0.1) is 18.0 Å². The number of hydrogen-bond donors (Lipinski definition) is 2. The minimum atomic E-state index is -3.05. The standard InChI is InChI=1S/C17H32N6O2S.HI/c1-6-18-17(19-8-10-23-9-7-11-26(23,24)25)20-13(2)12-16-14(3)21-22(5)15(16)4;/h13H,6-12H2,1-5H3,(H2,18,19,20);1H. The third-order valence-corrected chi connectivity index (χ3v) is 6.68. The molecule has 1 aromatic rings. The fourth-order valence-corrected chi connectivity index (χ4v) is 4.76. The number of nitrogens with zero attached hydrogens (tertiary/aromatic N) is 4. The molecular weight excluding hydrogens is 479 g/mol. The minimum Gasteiger partial charge on any atom is -0.357 e. The summed E-state index contributed by atoms with van der Waals surface area (Å²) >= 11 is 0. The molecule has 0 spiro atoms. The smallest absolute Gasteiger partial charge is 0.214 e. The fourth-order valence-electron chi connectivity index (χ4n) is 3.24. The van der Waals surface area contributed by atoms with Gasteiger partial charge in [0.1, 0.15) is 0 Å². The Morgan fingerprint density at radius 1 is 1.37 bits per heavy atom. The summed E-state index contributed by atoms with van der Waals surface area (Å²) in [5.74, 6) is 0.978. The Kier molecular flexibility index (Phi) is 9.49. The predicted molar refractivity (Wildman–Crippen MR) is 120 cm³/mol. The predicted octanol–water partition coefficient (Wildman–Crippen LogP) is 1.18. The van der Waals surface area contributed by atoms with Crippen LogP contribution in [0, 0.1) is 13.8 Å². The van der Waals surface area contributed by atoms with Crippen LogP contribution in [0.25, 0.3) is 0 Å². The summed E-state index contributed by atoms with van der Waals surface area (Å²) in [6.45, 7) is 10.5. The molecule has 27 heavy (non-hydrogen) atoms. The van der Waals surface area contributed by atoms with Crippen molar-refractivity contribution >= 4 is 40.0 Å². The van der Waals surface area contributed by atoms with Gasteiger partial charge in [-0.15, -0.1) is 24.0 Å². The van der Waals surface area contributed by atoms with E-state index in [2.05, 4.69) is 34.6 Å². The number of aliphatic imine (C=N–C) groups is 1. The van der Waals surface area contributed by atoms with Gasteiger partial charge in [-0.05, 0) is 46.1 Å². The molecule has 1 aliphatic rings. The first-order chi connectivity index (χ1) is 12.2. The molecule has 1 saturated heterocycles. The molecule has 0 aliphatic carbocycles. The quantitative estimate of drug-likeness (QED) is 0.325. The van der Waals surface area contributed by atoms with Gasteiger partial charge >= 0.3 is 0 Å². The molecule has 0 bridgehead atoms. The summed E-state index contributed by atoms with van der Waals surface area (Å²) in [6.07, 6.45) is 1.57.